The van der Waals surface area contributed by atoms with E-state index in [0.717, 1.165) is 176 Å². The molecule has 13 heteroatoms. The van der Waals surface area contributed by atoms with Gasteiger partial charge in [-0.05, 0) is 139 Å². The van der Waals surface area contributed by atoms with E-state index in [0.29, 0.717) is 23.2 Å². The summed E-state index contributed by atoms with van der Waals surface area (Å²) >= 11 is 6.59. The van der Waals surface area contributed by atoms with Gasteiger partial charge in [0.1, 0.15) is 0 Å². The highest BCUT2D eigenvalue weighted by Gasteiger charge is 2.27. The fourth-order valence-electron chi connectivity index (χ4n) is 20.1. The maximum Gasteiger partial charge on any atom is 0.188 e. The molecular weight excluding hydrogens is 1710 g/mol. The number of hydrogen-bond acceptors (Lipinski definition) is 10. The van der Waals surface area contributed by atoms with Crippen molar-refractivity contribution in [1.29, 1.82) is 0 Å². The van der Waals surface area contributed by atoms with Crippen LogP contribution >= 0.6 is 6.04 Å². The van der Waals surface area contributed by atoms with Crippen molar-refractivity contribution in [3.8, 4) is 84.7 Å². The number of para-hydroxylation sites is 4. The van der Waals surface area contributed by atoms with Gasteiger partial charge in [-0.1, -0.05) is 370 Å². The van der Waals surface area contributed by atoms with Crippen molar-refractivity contribution in [3.63, 3.8) is 0 Å². The molecule has 0 bridgehead atoms. The first-order valence-electron chi connectivity index (χ1n) is 45.7. The van der Waals surface area contributed by atoms with Crippen molar-refractivity contribution in [3.05, 3.63) is 473 Å². The molecule has 137 heavy (non-hydrogen) atoms. The fourth-order valence-corrected chi connectivity index (χ4v) is 23.8. The summed E-state index contributed by atoms with van der Waals surface area (Å²) in [5.74, 6) is 1.91. The van der Waals surface area contributed by atoms with E-state index in [4.69, 9.17) is 58.3 Å². The van der Waals surface area contributed by atoms with Crippen molar-refractivity contribution in [2.45, 2.75) is 0 Å². The van der Waals surface area contributed by atoms with Crippen LogP contribution in [0.15, 0.2) is 461 Å². The highest BCUT2D eigenvalue weighted by Crippen LogP contribution is 2.48. The monoisotopic (exact) mass is 1780 g/mol. The number of pyridine rings is 6. The van der Waals surface area contributed by atoms with Crippen LogP contribution in [-0.2, 0) is 11.8 Å². The largest absolute Gasteiger partial charge is 0.309 e. The maximum atomic E-state index is 7.65. The Kier molecular flexibility index (Phi) is 20.2. The number of hydrogen-bond donors (Lipinski definition) is 0. The van der Waals surface area contributed by atoms with Gasteiger partial charge in [-0.2, -0.15) is 0 Å². The Bertz CT molecular complexity index is 9530. The molecule has 19 aromatic carbocycles. The van der Waals surface area contributed by atoms with Gasteiger partial charge >= 0.3 is 0 Å². The molecule has 0 aliphatic carbocycles. The first-order chi connectivity index (χ1) is 67.8. The molecule has 0 saturated carbocycles. The Morgan fingerprint density at radius 2 is 0.620 bits per heavy atom. The first-order valence-corrected chi connectivity index (χ1v) is 48.5. The lowest BCUT2D eigenvalue weighted by atomic mass is 9.92. The second-order valence-electron chi connectivity index (χ2n) is 34.3. The Morgan fingerprint density at radius 3 is 1.20 bits per heavy atom. The van der Waals surface area contributed by atoms with Gasteiger partial charge < -0.3 is 4.57 Å². The van der Waals surface area contributed by atoms with Crippen molar-refractivity contribution < 1.29 is 0 Å². The highest BCUT2D eigenvalue weighted by molar-refractivity contribution is 8.25. The zero-order valence-electron chi connectivity index (χ0n) is 73.7. The topological polar surface area (TPSA) is 125 Å². The van der Waals surface area contributed by atoms with Gasteiger partial charge in [-0.25, -0.2) is 34.7 Å². The zero-order valence-corrected chi connectivity index (χ0v) is 75.4. The zero-order chi connectivity index (χ0) is 91.0. The Labute approximate surface area is 792 Å². The predicted octanol–water partition coefficient (Wildman–Crippen LogP) is 30.5. The SMILES string of the molecule is S=P(c1ccccc1)(c1ccccc1)c1ccc(-c2nc3ccccc3c3c2ccc2ccc4cccnc4c23)cc1.[C-]#[N+]c1ccc2c(c1)c1cc(-c3ccc(-c4nc5ccccc5c5c4ccc4ccc6ncccc6c45)cc3)ccc1n2-c1ccccc1.c1ccc(-c2nc(-c3ccccc3)nc(-c3ccc(-c4nc5ccccc5c5c4ccc4ncc6ccccc6c45)cc3)n2)cc1. The number of benzene rings is 19. The van der Waals surface area contributed by atoms with Gasteiger partial charge in [0.05, 0.1) is 67.8 Å². The van der Waals surface area contributed by atoms with E-state index >= 15 is 0 Å². The Morgan fingerprint density at radius 1 is 0.234 bits per heavy atom. The molecule has 8 aromatic heterocycles. The van der Waals surface area contributed by atoms with Crippen molar-refractivity contribution in [2.24, 2.45) is 0 Å². The smallest absolute Gasteiger partial charge is 0.188 e. The molecule has 0 saturated heterocycles. The van der Waals surface area contributed by atoms with Crippen molar-refractivity contribution >= 4 is 191 Å². The Hall–Kier alpha value is -17.9. The minimum Gasteiger partial charge on any atom is -0.309 e. The van der Waals surface area contributed by atoms with Crippen LogP contribution in [0.2, 0.25) is 0 Å². The predicted molar refractivity (Wildman–Crippen MR) is 574 cm³/mol. The quantitative estimate of drug-likeness (QED) is 0.0702. The van der Waals surface area contributed by atoms with Gasteiger partial charge in [-0.15, -0.1) is 0 Å². The van der Waals surface area contributed by atoms with E-state index in [-0.39, 0.29) is 0 Å². The molecule has 0 N–H and O–H groups in total. The first kappa shape index (κ1) is 81.2. The molecule has 638 valence electrons. The highest BCUT2D eigenvalue weighted by atomic mass is 32.4. The van der Waals surface area contributed by atoms with Crippen LogP contribution < -0.4 is 15.9 Å². The van der Waals surface area contributed by atoms with Crippen molar-refractivity contribution in [1.82, 2.24) is 49.4 Å². The molecule has 0 amide bonds. The molecule has 8 heterocycles. The maximum absolute atomic E-state index is 7.65. The van der Waals surface area contributed by atoms with E-state index in [9.17, 15) is 0 Å². The third-order valence-electron chi connectivity index (χ3n) is 26.5. The summed E-state index contributed by atoms with van der Waals surface area (Å²) in [6.07, 6.45) is 5.70. The van der Waals surface area contributed by atoms with Crippen LogP contribution in [0.1, 0.15) is 0 Å². The molecular formula is C124H76N11PS. The van der Waals surface area contributed by atoms with E-state index in [1.807, 2.05) is 116 Å². The fraction of sp³-hybridized carbons (Fsp3) is 0. The third kappa shape index (κ3) is 14.3. The van der Waals surface area contributed by atoms with Crippen LogP contribution in [0.4, 0.5) is 5.69 Å². The minimum atomic E-state index is -2.23. The number of aromatic nitrogens is 10. The summed E-state index contributed by atoms with van der Waals surface area (Å²) in [6.45, 7) is 7.65. The van der Waals surface area contributed by atoms with Crippen molar-refractivity contribution in [2.75, 3.05) is 0 Å². The average molecular weight is 1780 g/mol. The molecule has 0 fully saturated rings. The van der Waals surface area contributed by atoms with Crippen LogP contribution in [0.25, 0.3) is 241 Å². The number of nitrogens with zero attached hydrogens (tertiary/aromatic N) is 11. The van der Waals surface area contributed by atoms with E-state index in [1.54, 1.807) is 0 Å². The van der Waals surface area contributed by atoms with Gasteiger partial charge in [0, 0.05) is 144 Å². The lowest BCUT2D eigenvalue weighted by Gasteiger charge is -2.24. The summed E-state index contributed by atoms with van der Waals surface area (Å²) in [5, 5.41) is 26.6. The van der Waals surface area contributed by atoms with Crippen LogP contribution in [0.3, 0.4) is 0 Å². The molecule has 0 atom stereocenters. The van der Waals surface area contributed by atoms with Gasteiger partial charge in [-0.3, -0.25) is 15.0 Å². The summed E-state index contributed by atoms with van der Waals surface area (Å²) in [6, 6.07) is 152. The van der Waals surface area contributed by atoms with Crippen LogP contribution in [-0.4, -0.2) is 49.4 Å². The van der Waals surface area contributed by atoms with Gasteiger partial charge in [0.2, 0.25) is 0 Å². The molecule has 0 radical (unpaired) electrons. The lowest BCUT2D eigenvalue weighted by molar-refractivity contribution is 1.07. The molecule has 27 rings (SSSR count). The molecule has 0 aliphatic rings. The molecule has 11 nitrogen and oxygen atoms in total. The van der Waals surface area contributed by atoms with Crippen LogP contribution in [0, 0.1) is 6.57 Å². The summed E-state index contributed by atoms with van der Waals surface area (Å²) in [7, 11) is 0. The van der Waals surface area contributed by atoms with E-state index < -0.39 is 6.04 Å². The van der Waals surface area contributed by atoms with E-state index in [1.165, 1.54) is 59.0 Å². The van der Waals surface area contributed by atoms with Gasteiger partial charge in [0.25, 0.3) is 0 Å². The number of rotatable bonds is 11. The minimum absolute atomic E-state index is 0.624. The molecule has 27 aromatic rings. The summed E-state index contributed by atoms with van der Waals surface area (Å²) < 4.78 is 2.28. The normalized spacial score (nSPS) is 11.7. The average Bonchev–Trinajstić information content (AvgIpc) is 1.50. The van der Waals surface area contributed by atoms with E-state index in [2.05, 4.69) is 360 Å². The second-order valence-corrected chi connectivity index (χ2v) is 38.8. The molecule has 0 aliphatic heterocycles. The summed E-state index contributed by atoms with van der Waals surface area (Å²) in [5.41, 5.74) is 20.9. The third-order valence-corrected chi connectivity index (χ3v) is 31.5. The van der Waals surface area contributed by atoms with Crippen LogP contribution in [0.5, 0.6) is 0 Å². The number of fused-ring (bicyclic) bond motifs is 24. The Balaban J connectivity index is 0.000000109. The van der Waals surface area contributed by atoms with Gasteiger partial charge in [0.15, 0.2) is 23.2 Å². The molecule has 0 spiro atoms. The molecule has 0 unspecified atom stereocenters. The second kappa shape index (κ2) is 34.1. The lowest BCUT2D eigenvalue weighted by Crippen LogP contribution is -2.24. The standard InChI is InChI=1S/C45H26N4.C41H25N5.C38H25N2PS/c1-46-32-20-24-42-38(27-32)37-26-31(19-23-41(37)49(42)33-8-3-2-4-9-33)28-13-15-30(16-14-28)45-36-21-17-29-18-22-39-34(11-7-25-47-39)43(29)44(36)35-10-5-6-12-40(35)48-45;1-3-11-27(12-4-1)39-44-40(28-13-5-2-6-14-28)46-41(45-39)29-21-19-26(20-22-29)38-33-23-24-35-37(31-16-8-7-15-30(31)25-42-35)36(33)32-17-9-10-18-34(32)43-38;42-41(29-11-3-1-4-12-29,30-13-5-2-6-14-30)31-22-19-28(20-23-31)37-33-24-21-26-17-18-27-10-9-25-39-38(27)35(26)36(33)32-15-7-8-16-34(32)40-37/h2-27H;1-25H;1-25H. The summed E-state index contributed by atoms with van der Waals surface area (Å²) in [4.78, 5) is 48.4.